The van der Waals surface area contributed by atoms with Crippen LogP contribution in [0.2, 0.25) is 0 Å². The number of rotatable bonds is 4. The van der Waals surface area contributed by atoms with Crippen molar-refractivity contribution in [2.75, 3.05) is 20.2 Å². The summed E-state index contributed by atoms with van der Waals surface area (Å²) in [5.74, 6) is 0.533. The van der Waals surface area contributed by atoms with Gasteiger partial charge in [-0.25, -0.2) is 0 Å². The SMILES string of the molecule is COc1cccc(C(=O)NC2CCN(C(=O)c3cccnc3)CC2)c1. The molecule has 1 aromatic heterocycles. The minimum Gasteiger partial charge on any atom is -0.497 e. The van der Waals surface area contributed by atoms with Crippen LogP contribution in [0.1, 0.15) is 33.6 Å². The predicted octanol–water partition coefficient (Wildman–Crippen LogP) is 2.12. The van der Waals surface area contributed by atoms with Gasteiger partial charge in [0.25, 0.3) is 11.8 Å². The number of methoxy groups -OCH3 is 1. The van der Waals surface area contributed by atoms with Crippen molar-refractivity contribution in [3.05, 3.63) is 59.9 Å². The van der Waals surface area contributed by atoms with Gasteiger partial charge in [-0.2, -0.15) is 0 Å². The third-order valence-corrected chi connectivity index (χ3v) is 4.36. The van der Waals surface area contributed by atoms with E-state index >= 15 is 0 Å². The van der Waals surface area contributed by atoms with Crippen LogP contribution >= 0.6 is 0 Å². The monoisotopic (exact) mass is 339 g/mol. The molecule has 0 radical (unpaired) electrons. The third kappa shape index (κ3) is 4.15. The fourth-order valence-electron chi connectivity index (χ4n) is 2.93. The molecule has 0 bridgehead atoms. The van der Waals surface area contributed by atoms with Crippen LogP contribution in [-0.2, 0) is 0 Å². The van der Waals surface area contributed by atoms with Crippen LogP contribution in [0.15, 0.2) is 48.8 Å². The van der Waals surface area contributed by atoms with Crippen LogP contribution in [0.3, 0.4) is 0 Å². The summed E-state index contributed by atoms with van der Waals surface area (Å²) in [4.78, 5) is 30.6. The van der Waals surface area contributed by atoms with Crippen LogP contribution in [0.4, 0.5) is 0 Å². The van der Waals surface area contributed by atoms with Gasteiger partial charge in [0.1, 0.15) is 5.75 Å². The largest absolute Gasteiger partial charge is 0.497 e. The number of ether oxygens (including phenoxy) is 1. The lowest BCUT2D eigenvalue weighted by molar-refractivity contribution is 0.0697. The smallest absolute Gasteiger partial charge is 0.255 e. The molecule has 2 amide bonds. The van der Waals surface area contributed by atoms with Crippen LogP contribution in [0.25, 0.3) is 0 Å². The van der Waals surface area contributed by atoms with Gasteiger partial charge in [-0.15, -0.1) is 0 Å². The molecule has 25 heavy (non-hydrogen) atoms. The van der Waals surface area contributed by atoms with Gasteiger partial charge >= 0.3 is 0 Å². The number of benzene rings is 1. The van der Waals surface area contributed by atoms with Gasteiger partial charge in [-0.3, -0.25) is 14.6 Å². The van der Waals surface area contributed by atoms with Crippen molar-refractivity contribution < 1.29 is 14.3 Å². The molecule has 2 aromatic rings. The van der Waals surface area contributed by atoms with E-state index in [1.807, 2.05) is 4.90 Å². The van der Waals surface area contributed by atoms with E-state index in [0.717, 1.165) is 12.8 Å². The van der Waals surface area contributed by atoms with Gasteiger partial charge in [0.05, 0.1) is 12.7 Å². The van der Waals surface area contributed by atoms with E-state index < -0.39 is 0 Å². The molecule has 3 rings (SSSR count). The summed E-state index contributed by atoms with van der Waals surface area (Å²) in [6, 6.07) is 10.7. The zero-order chi connectivity index (χ0) is 17.6. The standard InChI is InChI=1S/C19H21N3O3/c1-25-17-6-2-4-14(12-17)18(23)21-16-7-10-22(11-8-16)19(24)15-5-3-9-20-13-15/h2-6,9,12-13,16H,7-8,10-11H2,1H3,(H,21,23). The molecular weight excluding hydrogens is 318 g/mol. The number of nitrogens with zero attached hydrogens (tertiary/aromatic N) is 2. The molecule has 0 spiro atoms. The lowest BCUT2D eigenvalue weighted by Crippen LogP contribution is -2.46. The van der Waals surface area contributed by atoms with Crippen molar-refractivity contribution in [3.63, 3.8) is 0 Å². The van der Waals surface area contributed by atoms with Gasteiger partial charge < -0.3 is 15.0 Å². The normalized spacial score (nSPS) is 14.8. The van der Waals surface area contributed by atoms with E-state index in [1.165, 1.54) is 0 Å². The number of hydrogen-bond donors (Lipinski definition) is 1. The fourth-order valence-corrected chi connectivity index (χ4v) is 2.93. The van der Waals surface area contributed by atoms with Crippen LogP contribution < -0.4 is 10.1 Å². The Hall–Kier alpha value is -2.89. The van der Waals surface area contributed by atoms with Crippen molar-refractivity contribution >= 4 is 11.8 Å². The highest BCUT2D eigenvalue weighted by atomic mass is 16.5. The van der Waals surface area contributed by atoms with E-state index in [9.17, 15) is 9.59 Å². The van der Waals surface area contributed by atoms with Crippen LogP contribution in [0, 0.1) is 0 Å². The molecule has 1 fully saturated rings. The Kier molecular flexibility index (Phi) is 5.28. The van der Waals surface area contributed by atoms with Crippen molar-refractivity contribution in [3.8, 4) is 5.75 Å². The number of piperidine rings is 1. The molecule has 1 aromatic carbocycles. The summed E-state index contributed by atoms with van der Waals surface area (Å²) in [6.07, 6.45) is 4.71. The Bertz CT molecular complexity index is 741. The number of likely N-dealkylation sites (tertiary alicyclic amines) is 1. The van der Waals surface area contributed by atoms with E-state index in [2.05, 4.69) is 10.3 Å². The molecule has 1 aliphatic rings. The first-order valence-electron chi connectivity index (χ1n) is 8.31. The Morgan fingerprint density at radius 3 is 2.60 bits per heavy atom. The molecule has 1 aliphatic heterocycles. The number of hydrogen-bond acceptors (Lipinski definition) is 4. The first-order valence-corrected chi connectivity index (χ1v) is 8.31. The maximum Gasteiger partial charge on any atom is 0.255 e. The van der Waals surface area contributed by atoms with Gasteiger partial charge in [-0.1, -0.05) is 6.07 Å². The van der Waals surface area contributed by atoms with Gasteiger partial charge in [0, 0.05) is 37.1 Å². The summed E-state index contributed by atoms with van der Waals surface area (Å²) >= 11 is 0. The predicted molar refractivity (Wildman–Crippen MR) is 93.6 cm³/mol. The number of nitrogens with one attached hydrogen (secondary N) is 1. The third-order valence-electron chi connectivity index (χ3n) is 4.36. The molecule has 0 saturated carbocycles. The van der Waals surface area contributed by atoms with Crippen LogP contribution in [0.5, 0.6) is 5.75 Å². The molecule has 1 N–H and O–H groups in total. The minimum atomic E-state index is -0.115. The average Bonchev–Trinajstić information content (AvgIpc) is 2.68. The maximum atomic E-state index is 12.4. The lowest BCUT2D eigenvalue weighted by atomic mass is 10.0. The van der Waals surface area contributed by atoms with E-state index in [0.29, 0.717) is 30.0 Å². The minimum absolute atomic E-state index is 0.00864. The zero-order valence-corrected chi connectivity index (χ0v) is 14.1. The lowest BCUT2D eigenvalue weighted by Gasteiger charge is -2.32. The molecule has 0 atom stereocenters. The molecule has 0 aliphatic carbocycles. The van der Waals surface area contributed by atoms with Crippen molar-refractivity contribution in [2.45, 2.75) is 18.9 Å². The number of carbonyl (C=O) groups is 2. The van der Waals surface area contributed by atoms with E-state index in [-0.39, 0.29) is 17.9 Å². The Balaban J connectivity index is 1.54. The molecule has 2 heterocycles. The van der Waals surface area contributed by atoms with Crippen molar-refractivity contribution in [1.82, 2.24) is 15.2 Å². The quantitative estimate of drug-likeness (QED) is 0.926. The summed E-state index contributed by atoms with van der Waals surface area (Å²) in [5.41, 5.74) is 1.18. The highest BCUT2D eigenvalue weighted by Gasteiger charge is 2.25. The second-order valence-electron chi connectivity index (χ2n) is 6.01. The average molecular weight is 339 g/mol. The molecule has 1 saturated heterocycles. The summed E-state index contributed by atoms with van der Waals surface area (Å²) in [7, 11) is 1.58. The highest BCUT2D eigenvalue weighted by molar-refractivity contribution is 5.95. The summed E-state index contributed by atoms with van der Waals surface area (Å²) < 4.78 is 5.15. The second kappa shape index (κ2) is 7.79. The first-order chi connectivity index (χ1) is 12.2. The molecule has 0 unspecified atom stereocenters. The van der Waals surface area contributed by atoms with E-state index in [4.69, 9.17) is 4.74 Å². The first kappa shape index (κ1) is 17.0. The van der Waals surface area contributed by atoms with Gasteiger partial charge in [0.15, 0.2) is 0 Å². The molecule has 6 heteroatoms. The number of amides is 2. The number of aromatic nitrogens is 1. The second-order valence-corrected chi connectivity index (χ2v) is 6.01. The Morgan fingerprint density at radius 2 is 1.92 bits per heavy atom. The number of pyridine rings is 1. The zero-order valence-electron chi connectivity index (χ0n) is 14.1. The Morgan fingerprint density at radius 1 is 1.16 bits per heavy atom. The highest BCUT2D eigenvalue weighted by Crippen LogP contribution is 2.16. The van der Waals surface area contributed by atoms with Gasteiger partial charge in [-0.05, 0) is 43.2 Å². The molecule has 130 valence electrons. The fraction of sp³-hybridized carbons (Fsp3) is 0.316. The topological polar surface area (TPSA) is 71.5 Å². The maximum absolute atomic E-state index is 12.4. The van der Waals surface area contributed by atoms with Crippen molar-refractivity contribution in [1.29, 1.82) is 0 Å². The van der Waals surface area contributed by atoms with Crippen molar-refractivity contribution in [2.24, 2.45) is 0 Å². The summed E-state index contributed by atoms with van der Waals surface area (Å²) in [5, 5.41) is 3.04. The summed E-state index contributed by atoms with van der Waals surface area (Å²) in [6.45, 7) is 1.24. The van der Waals surface area contributed by atoms with Gasteiger partial charge in [0.2, 0.25) is 0 Å². The molecular formula is C19H21N3O3. The number of carbonyl (C=O) groups excluding carboxylic acids is 2. The Labute approximate surface area is 146 Å². The van der Waals surface area contributed by atoms with E-state index in [1.54, 1.807) is 55.9 Å². The van der Waals surface area contributed by atoms with Crippen LogP contribution in [-0.4, -0.2) is 47.9 Å². The molecule has 6 nitrogen and oxygen atoms in total.